The molecule has 0 radical (unpaired) electrons. The Hall–Kier alpha value is -1.27. The molecule has 0 unspecified atom stereocenters. The van der Waals surface area contributed by atoms with Crippen LogP contribution in [0.15, 0.2) is 6.07 Å². The van der Waals surface area contributed by atoms with Gasteiger partial charge in [-0.15, -0.1) is 0 Å². The molecule has 0 atom stereocenters. The van der Waals surface area contributed by atoms with E-state index in [0.29, 0.717) is 5.41 Å². The summed E-state index contributed by atoms with van der Waals surface area (Å²) in [7, 11) is 1.96. The van der Waals surface area contributed by atoms with Crippen LogP contribution in [0.4, 0.5) is 0 Å². The van der Waals surface area contributed by atoms with E-state index in [4.69, 9.17) is 5.26 Å². The van der Waals surface area contributed by atoms with Gasteiger partial charge in [0.25, 0.3) is 0 Å². The topological polar surface area (TPSA) is 40.8 Å². The van der Waals surface area contributed by atoms with Gasteiger partial charge in [0.15, 0.2) is 0 Å². The zero-order chi connectivity index (χ0) is 13.2. The predicted octanol–water partition coefficient (Wildman–Crippen LogP) is 2.88. The Kier molecular flexibility index (Phi) is 3.77. The van der Waals surface area contributed by atoms with E-state index >= 15 is 0 Å². The van der Waals surface area contributed by atoms with Crippen LogP contribution in [0.3, 0.4) is 0 Å². The van der Waals surface area contributed by atoms with Crippen molar-refractivity contribution in [3.05, 3.63) is 23.0 Å². The maximum Gasteiger partial charge on any atom is 0.120 e. The standard InChI is InChI=1S/C15H23N3/c1-4-15(6-5-7-15)11-17-10-13-8-14(9-16)18(3)12(13)2/h8,17H,4-7,10-11H2,1-3H3. The third-order valence-electron chi connectivity index (χ3n) is 4.73. The Bertz CT molecular complexity index is 455. The zero-order valence-electron chi connectivity index (χ0n) is 11.7. The van der Waals surface area contributed by atoms with Crippen LogP contribution in [0.25, 0.3) is 0 Å². The second-order valence-electron chi connectivity index (χ2n) is 5.62. The third kappa shape index (κ3) is 2.30. The van der Waals surface area contributed by atoms with Crippen molar-refractivity contribution >= 4 is 0 Å². The number of hydrogen-bond acceptors (Lipinski definition) is 2. The van der Waals surface area contributed by atoms with E-state index in [1.807, 2.05) is 17.7 Å². The smallest absolute Gasteiger partial charge is 0.120 e. The van der Waals surface area contributed by atoms with Crippen molar-refractivity contribution in [2.24, 2.45) is 12.5 Å². The molecule has 1 heterocycles. The highest BCUT2D eigenvalue weighted by atomic mass is 15.0. The highest BCUT2D eigenvalue weighted by molar-refractivity contribution is 5.34. The van der Waals surface area contributed by atoms with E-state index in [1.165, 1.54) is 36.9 Å². The first kappa shape index (κ1) is 13.2. The Morgan fingerprint density at radius 1 is 1.50 bits per heavy atom. The highest BCUT2D eigenvalue weighted by Crippen LogP contribution is 2.43. The molecule has 3 heteroatoms. The number of aromatic nitrogens is 1. The lowest BCUT2D eigenvalue weighted by molar-refractivity contribution is 0.124. The van der Waals surface area contributed by atoms with Gasteiger partial charge in [0.05, 0.1) is 0 Å². The van der Waals surface area contributed by atoms with Crippen LogP contribution in [-0.4, -0.2) is 11.1 Å². The lowest BCUT2D eigenvalue weighted by atomic mass is 9.67. The second kappa shape index (κ2) is 5.16. The van der Waals surface area contributed by atoms with Crippen LogP contribution in [0, 0.1) is 23.7 Å². The predicted molar refractivity (Wildman–Crippen MR) is 73.1 cm³/mol. The maximum absolute atomic E-state index is 9.00. The number of hydrogen-bond donors (Lipinski definition) is 1. The molecule has 1 aromatic rings. The molecule has 1 N–H and O–H groups in total. The molecule has 1 aromatic heterocycles. The van der Waals surface area contributed by atoms with Crippen molar-refractivity contribution in [3.8, 4) is 6.07 Å². The van der Waals surface area contributed by atoms with E-state index < -0.39 is 0 Å². The third-order valence-corrected chi connectivity index (χ3v) is 4.73. The molecule has 0 bridgehead atoms. The van der Waals surface area contributed by atoms with Gasteiger partial charge in [-0.1, -0.05) is 13.3 Å². The fourth-order valence-electron chi connectivity index (χ4n) is 2.84. The summed E-state index contributed by atoms with van der Waals surface area (Å²) in [5.41, 5.74) is 3.75. The Labute approximate surface area is 110 Å². The quantitative estimate of drug-likeness (QED) is 0.866. The minimum Gasteiger partial charge on any atom is -0.340 e. The summed E-state index contributed by atoms with van der Waals surface area (Å²) in [4.78, 5) is 0. The van der Waals surface area contributed by atoms with E-state index in [1.54, 1.807) is 0 Å². The van der Waals surface area contributed by atoms with Crippen molar-refractivity contribution < 1.29 is 0 Å². The molecule has 98 valence electrons. The Morgan fingerprint density at radius 3 is 2.67 bits per heavy atom. The van der Waals surface area contributed by atoms with Gasteiger partial charge in [0, 0.05) is 25.8 Å². The largest absolute Gasteiger partial charge is 0.340 e. The molecular formula is C15H23N3. The average Bonchev–Trinajstić information content (AvgIpc) is 2.60. The molecule has 3 nitrogen and oxygen atoms in total. The molecule has 2 rings (SSSR count). The van der Waals surface area contributed by atoms with Gasteiger partial charge in [-0.3, -0.25) is 0 Å². The molecule has 0 aromatic carbocycles. The summed E-state index contributed by atoms with van der Waals surface area (Å²) in [6, 6.07) is 4.23. The van der Waals surface area contributed by atoms with Crippen LogP contribution in [0.5, 0.6) is 0 Å². The fraction of sp³-hybridized carbons (Fsp3) is 0.667. The lowest BCUT2D eigenvalue weighted by Crippen LogP contribution is -2.39. The number of rotatable bonds is 5. The molecule has 1 aliphatic rings. The average molecular weight is 245 g/mol. The van der Waals surface area contributed by atoms with Crippen molar-refractivity contribution in [1.29, 1.82) is 5.26 Å². The summed E-state index contributed by atoms with van der Waals surface area (Å²) in [6.07, 6.45) is 5.40. The van der Waals surface area contributed by atoms with Gasteiger partial charge in [-0.2, -0.15) is 5.26 Å². The van der Waals surface area contributed by atoms with Gasteiger partial charge in [-0.25, -0.2) is 0 Å². The van der Waals surface area contributed by atoms with Crippen LogP contribution in [-0.2, 0) is 13.6 Å². The molecule has 18 heavy (non-hydrogen) atoms. The summed E-state index contributed by atoms with van der Waals surface area (Å²) < 4.78 is 1.97. The number of nitrogens with one attached hydrogen (secondary N) is 1. The van der Waals surface area contributed by atoms with Gasteiger partial charge in [0.1, 0.15) is 11.8 Å². The van der Waals surface area contributed by atoms with Crippen LogP contribution in [0.2, 0.25) is 0 Å². The second-order valence-corrected chi connectivity index (χ2v) is 5.62. The first-order valence-corrected chi connectivity index (χ1v) is 6.88. The SMILES string of the molecule is CCC1(CNCc2cc(C#N)n(C)c2C)CCC1. The van der Waals surface area contributed by atoms with Gasteiger partial charge in [-0.05, 0) is 43.2 Å². The summed E-state index contributed by atoms with van der Waals surface area (Å²) >= 11 is 0. The fourth-order valence-corrected chi connectivity index (χ4v) is 2.84. The molecule has 1 saturated carbocycles. The number of nitriles is 1. The first-order chi connectivity index (χ1) is 8.62. The van der Waals surface area contributed by atoms with Crippen LogP contribution in [0.1, 0.15) is 49.6 Å². The van der Waals surface area contributed by atoms with Crippen LogP contribution < -0.4 is 5.32 Å². The molecule has 0 aliphatic heterocycles. The molecule has 1 aliphatic carbocycles. The maximum atomic E-state index is 9.00. The van der Waals surface area contributed by atoms with Crippen molar-refractivity contribution in [2.75, 3.05) is 6.54 Å². The highest BCUT2D eigenvalue weighted by Gasteiger charge is 2.34. The normalized spacial score (nSPS) is 17.2. The monoisotopic (exact) mass is 245 g/mol. The minimum absolute atomic E-state index is 0.556. The van der Waals surface area contributed by atoms with Gasteiger partial charge >= 0.3 is 0 Å². The van der Waals surface area contributed by atoms with E-state index in [9.17, 15) is 0 Å². The summed E-state index contributed by atoms with van der Waals surface area (Å²) in [6.45, 7) is 6.36. The molecular weight excluding hydrogens is 222 g/mol. The molecule has 0 saturated heterocycles. The minimum atomic E-state index is 0.556. The van der Waals surface area contributed by atoms with E-state index in [-0.39, 0.29) is 0 Å². The summed E-state index contributed by atoms with van der Waals surface area (Å²) in [5.74, 6) is 0. The van der Waals surface area contributed by atoms with Crippen molar-refractivity contribution in [3.63, 3.8) is 0 Å². The number of nitrogens with zero attached hydrogens (tertiary/aromatic N) is 2. The zero-order valence-corrected chi connectivity index (χ0v) is 11.7. The van der Waals surface area contributed by atoms with E-state index in [2.05, 4.69) is 25.2 Å². The molecule has 0 amide bonds. The van der Waals surface area contributed by atoms with Gasteiger partial charge in [0.2, 0.25) is 0 Å². The summed E-state index contributed by atoms with van der Waals surface area (Å²) in [5, 5.41) is 12.6. The Morgan fingerprint density at radius 2 is 2.22 bits per heavy atom. The first-order valence-electron chi connectivity index (χ1n) is 6.88. The van der Waals surface area contributed by atoms with Crippen molar-refractivity contribution in [1.82, 2.24) is 9.88 Å². The lowest BCUT2D eigenvalue weighted by Gasteiger charge is -2.41. The molecule has 1 fully saturated rings. The van der Waals surface area contributed by atoms with Gasteiger partial charge < -0.3 is 9.88 Å². The van der Waals surface area contributed by atoms with Crippen LogP contribution >= 0.6 is 0 Å². The van der Waals surface area contributed by atoms with Crippen molar-refractivity contribution in [2.45, 2.75) is 46.1 Å². The molecule has 0 spiro atoms. The van der Waals surface area contributed by atoms with E-state index in [0.717, 1.165) is 18.8 Å². The Balaban J connectivity index is 1.93.